The standard InChI is InChI=1S/C13H24N2O4/c1-10(9-19-3)8-14-12(18)15-6-4-13(2,5-7-15)11(16)17/h10H,4-9H2,1-3H3,(H,14,18)(H,16,17). The van der Waals surface area contributed by atoms with Crippen LogP contribution in [0.3, 0.4) is 0 Å². The lowest BCUT2D eigenvalue weighted by molar-refractivity contribution is -0.150. The summed E-state index contributed by atoms with van der Waals surface area (Å²) in [5.74, 6) is -0.510. The second-order valence-electron chi connectivity index (χ2n) is 5.60. The van der Waals surface area contributed by atoms with E-state index in [1.54, 1.807) is 18.9 Å². The number of ether oxygens (including phenoxy) is 1. The number of aliphatic carboxylic acids is 1. The number of carboxylic acid groups (broad SMARTS) is 1. The fraction of sp³-hybridized carbons (Fsp3) is 0.846. The summed E-state index contributed by atoms with van der Waals surface area (Å²) in [7, 11) is 1.63. The first-order chi connectivity index (χ1) is 8.89. The van der Waals surface area contributed by atoms with Gasteiger partial charge in [0.15, 0.2) is 0 Å². The number of methoxy groups -OCH3 is 1. The quantitative estimate of drug-likeness (QED) is 0.787. The van der Waals surface area contributed by atoms with E-state index < -0.39 is 11.4 Å². The molecule has 0 aromatic heterocycles. The van der Waals surface area contributed by atoms with Crippen LogP contribution in [0.4, 0.5) is 4.79 Å². The van der Waals surface area contributed by atoms with Crippen LogP contribution in [-0.4, -0.2) is 55.4 Å². The molecule has 6 heteroatoms. The fourth-order valence-electron chi connectivity index (χ4n) is 2.13. The number of carbonyl (C=O) groups is 2. The highest BCUT2D eigenvalue weighted by Crippen LogP contribution is 2.30. The Morgan fingerprint density at radius 2 is 2.00 bits per heavy atom. The lowest BCUT2D eigenvalue weighted by Crippen LogP contribution is -2.49. The Hall–Kier alpha value is -1.30. The first kappa shape index (κ1) is 15.8. The van der Waals surface area contributed by atoms with Crippen LogP contribution in [0.2, 0.25) is 0 Å². The molecule has 1 aliphatic rings. The number of carbonyl (C=O) groups excluding carboxylic acids is 1. The Balaban J connectivity index is 2.35. The predicted octanol–water partition coefficient (Wildman–Crippen LogP) is 1.17. The Labute approximate surface area is 114 Å². The molecule has 0 aliphatic carbocycles. The zero-order valence-corrected chi connectivity index (χ0v) is 11.9. The first-order valence-corrected chi connectivity index (χ1v) is 6.64. The number of piperidine rings is 1. The van der Waals surface area contributed by atoms with Gasteiger partial charge in [-0.25, -0.2) is 4.79 Å². The third-order valence-electron chi connectivity index (χ3n) is 3.72. The Bertz CT molecular complexity index is 325. The number of carboxylic acids is 1. The molecule has 2 N–H and O–H groups in total. The molecule has 1 atom stereocenters. The molecule has 110 valence electrons. The number of rotatable bonds is 5. The molecule has 1 unspecified atom stereocenters. The van der Waals surface area contributed by atoms with Crippen molar-refractivity contribution >= 4 is 12.0 Å². The van der Waals surface area contributed by atoms with Crippen LogP contribution < -0.4 is 5.32 Å². The van der Waals surface area contributed by atoms with E-state index in [1.165, 1.54) is 0 Å². The molecule has 0 radical (unpaired) electrons. The average molecular weight is 272 g/mol. The van der Waals surface area contributed by atoms with E-state index in [2.05, 4.69) is 5.32 Å². The minimum absolute atomic E-state index is 0.115. The highest BCUT2D eigenvalue weighted by molar-refractivity contribution is 5.76. The third-order valence-corrected chi connectivity index (χ3v) is 3.72. The molecule has 0 bridgehead atoms. The highest BCUT2D eigenvalue weighted by Gasteiger charge is 2.37. The number of likely N-dealkylation sites (tertiary alicyclic amines) is 1. The molecule has 19 heavy (non-hydrogen) atoms. The zero-order valence-electron chi connectivity index (χ0n) is 11.9. The van der Waals surface area contributed by atoms with Gasteiger partial charge in [0.1, 0.15) is 0 Å². The van der Waals surface area contributed by atoms with Gasteiger partial charge in [-0.15, -0.1) is 0 Å². The van der Waals surface area contributed by atoms with E-state index in [9.17, 15) is 9.59 Å². The minimum Gasteiger partial charge on any atom is -0.481 e. The molecule has 1 saturated heterocycles. The molecule has 0 saturated carbocycles. The van der Waals surface area contributed by atoms with Crippen molar-refractivity contribution in [3.63, 3.8) is 0 Å². The van der Waals surface area contributed by atoms with Gasteiger partial charge in [0.05, 0.1) is 12.0 Å². The van der Waals surface area contributed by atoms with E-state index in [1.807, 2.05) is 6.92 Å². The third kappa shape index (κ3) is 4.38. The van der Waals surface area contributed by atoms with Gasteiger partial charge in [-0.3, -0.25) is 4.79 Å². The maximum Gasteiger partial charge on any atom is 0.317 e. The van der Waals surface area contributed by atoms with Crippen molar-refractivity contribution in [2.75, 3.05) is 33.4 Å². The predicted molar refractivity (Wildman–Crippen MR) is 71.0 cm³/mol. The summed E-state index contributed by atoms with van der Waals surface area (Å²) in [6, 6.07) is -0.115. The Morgan fingerprint density at radius 3 is 2.47 bits per heavy atom. The van der Waals surface area contributed by atoms with E-state index in [4.69, 9.17) is 9.84 Å². The number of hydrogen-bond donors (Lipinski definition) is 2. The lowest BCUT2D eigenvalue weighted by atomic mass is 9.80. The summed E-state index contributed by atoms with van der Waals surface area (Å²) < 4.78 is 5.00. The van der Waals surface area contributed by atoms with Crippen LogP contribution >= 0.6 is 0 Å². The minimum atomic E-state index is -0.777. The summed E-state index contributed by atoms with van der Waals surface area (Å²) in [4.78, 5) is 24.7. The number of urea groups is 1. The molecular formula is C13H24N2O4. The van der Waals surface area contributed by atoms with Gasteiger partial charge in [-0.1, -0.05) is 6.92 Å². The van der Waals surface area contributed by atoms with Crippen molar-refractivity contribution in [3.8, 4) is 0 Å². The number of amides is 2. The summed E-state index contributed by atoms with van der Waals surface area (Å²) in [5, 5.41) is 12.0. The molecule has 1 rings (SSSR count). The molecule has 0 aromatic rings. The first-order valence-electron chi connectivity index (χ1n) is 6.64. The smallest absolute Gasteiger partial charge is 0.317 e. The van der Waals surface area contributed by atoms with Crippen LogP contribution in [-0.2, 0) is 9.53 Å². The van der Waals surface area contributed by atoms with Crippen molar-refractivity contribution in [3.05, 3.63) is 0 Å². The van der Waals surface area contributed by atoms with Crippen LogP contribution in [0.1, 0.15) is 26.7 Å². The normalized spacial score (nSPS) is 19.8. The molecule has 1 aliphatic heterocycles. The monoisotopic (exact) mass is 272 g/mol. The van der Waals surface area contributed by atoms with Crippen molar-refractivity contribution in [2.45, 2.75) is 26.7 Å². The highest BCUT2D eigenvalue weighted by atomic mass is 16.5. The van der Waals surface area contributed by atoms with Gasteiger partial charge in [-0.05, 0) is 25.7 Å². The largest absolute Gasteiger partial charge is 0.481 e. The lowest BCUT2D eigenvalue weighted by Gasteiger charge is -2.36. The maximum atomic E-state index is 11.9. The molecule has 2 amide bonds. The fourth-order valence-corrected chi connectivity index (χ4v) is 2.13. The molecule has 0 spiro atoms. The topological polar surface area (TPSA) is 78.9 Å². The van der Waals surface area contributed by atoms with Crippen molar-refractivity contribution < 1.29 is 19.4 Å². The molecule has 1 fully saturated rings. The van der Waals surface area contributed by atoms with Crippen LogP contribution in [0.15, 0.2) is 0 Å². The van der Waals surface area contributed by atoms with Gasteiger partial charge in [0.25, 0.3) is 0 Å². The molecule has 6 nitrogen and oxygen atoms in total. The summed E-state index contributed by atoms with van der Waals surface area (Å²) >= 11 is 0. The second-order valence-corrected chi connectivity index (χ2v) is 5.60. The van der Waals surface area contributed by atoms with Gasteiger partial charge in [-0.2, -0.15) is 0 Å². The summed E-state index contributed by atoms with van der Waals surface area (Å²) in [5.41, 5.74) is -0.694. The van der Waals surface area contributed by atoms with E-state index in [0.29, 0.717) is 39.1 Å². The molecule has 0 aromatic carbocycles. The second kappa shape index (κ2) is 6.75. The number of hydrogen-bond acceptors (Lipinski definition) is 3. The van der Waals surface area contributed by atoms with Crippen molar-refractivity contribution in [1.29, 1.82) is 0 Å². The average Bonchev–Trinajstić information content (AvgIpc) is 2.37. The van der Waals surface area contributed by atoms with Crippen molar-refractivity contribution in [2.24, 2.45) is 11.3 Å². The van der Waals surface area contributed by atoms with Gasteiger partial charge >= 0.3 is 12.0 Å². The maximum absolute atomic E-state index is 11.9. The van der Waals surface area contributed by atoms with Crippen LogP contribution in [0.5, 0.6) is 0 Å². The zero-order chi connectivity index (χ0) is 14.5. The number of nitrogens with zero attached hydrogens (tertiary/aromatic N) is 1. The Kier molecular flexibility index (Phi) is 5.60. The SMILES string of the molecule is COCC(C)CNC(=O)N1CCC(C)(C(=O)O)CC1. The van der Waals surface area contributed by atoms with E-state index in [-0.39, 0.29) is 11.9 Å². The molecule has 1 heterocycles. The summed E-state index contributed by atoms with van der Waals surface area (Å²) in [6.45, 7) is 5.91. The van der Waals surface area contributed by atoms with Gasteiger partial charge in [0.2, 0.25) is 0 Å². The summed E-state index contributed by atoms with van der Waals surface area (Å²) in [6.07, 6.45) is 1.01. The van der Waals surface area contributed by atoms with Gasteiger partial charge < -0.3 is 20.1 Å². The number of nitrogens with one attached hydrogen (secondary N) is 1. The van der Waals surface area contributed by atoms with E-state index in [0.717, 1.165) is 0 Å². The molecular weight excluding hydrogens is 248 g/mol. The van der Waals surface area contributed by atoms with Crippen molar-refractivity contribution in [1.82, 2.24) is 10.2 Å². The van der Waals surface area contributed by atoms with E-state index >= 15 is 0 Å². The van der Waals surface area contributed by atoms with Crippen LogP contribution in [0.25, 0.3) is 0 Å². The van der Waals surface area contributed by atoms with Gasteiger partial charge in [0, 0.05) is 26.7 Å². The Morgan fingerprint density at radius 1 is 1.42 bits per heavy atom. The van der Waals surface area contributed by atoms with Crippen LogP contribution in [0, 0.1) is 11.3 Å².